The first kappa shape index (κ1) is 10.9. The monoisotopic (exact) mass is 225 g/mol. The molecule has 0 saturated carbocycles. The molecule has 1 aromatic rings. The van der Waals surface area contributed by atoms with E-state index in [9.17, 15) is 0 Å². The maximum Gasteiger partial charge on any atom is 0.495 e. The number of aromatic nitrogens is 1. The van der Waals surface area contributed by atoms with Crippen LogP contribution in [0.3, 0.4) is 0 Å². The van der Waals surface area contributed by atoms with Crippen LogP contribution in [0.15, 0.2) is 18.3 Å². The van der Waals surface area contributed by atoms with Crippen molar-refractivity contribution in [2.24, 2.45) is 5.41 Å². The Kier molecular flexibility index (Phi) is 3.00. The average molecular weight is 225 g/mol. The first-order valence-corrected chi connectivity index (χ1v) is 5.29. The molecule has 0 amide bonds. The second-order valence-corrected chi connectivity index (χ2v) is 4.92. The quantitative estimate of drug-likeness (QED) is 0.536. The minimum absolute atomic E-state index is 0.0936. The van der Waals surface area contributed by atoms with Gasteiger partial charge in [0.15, 0.2) is 0 Å². The molecule has 0 aromatic carbocycles. The average Bonchev–Trinajstić information content (AvgIpc) is 2.20. The lowest BCUT2D eigenvalue weighted by atomic mass is 9.77. The molecular weight excluding hydrogens is 212 g/mol. The van der Waals surface area contributed by atoms with E-state index in [-0.39, 0.29) is 12.5 Å². The molecule has 2 rings (SSSR count). The Labute approximate surface area is 94.9 Å². The highest BCUT2D eigenvalue weighted by Crippen LogP contribution is 2.21. The Morgan fingerprint density at radius 1 is 1.33 bits per heavy atom. The van der Waals surface area contributed by atoms with Gasteiger partial charge in [0.1, 0.15) is 5.15 Å². The zero-order chi connectivity index (χ0) is 10.9. The van der Waals surface area contributed by atoms with Crippen LogP contribution >= 0.6 is 11.6 Å². The molecule has 1 aliphatic rings. The van der Waals surface area contributed by atoms with Gasteiger partial charge in [0.05, 0.1) is 0 Å². The molecule has 80 valence electrons. The Hall–Kier alpha value is -0.575. The van der Waals surface area contributed by atoms with Crippen LogP contribution in [0.5, 0.6) is 0 Å². The van der Waals surface area contributed by atoms with Gasteiger partial charge in [-0.05, 0) is 6.07 Å². The topological polar surface area (TPSA) is 31.4 Å². The first-order chi connectivity index (χ1) is 7.07. The summed E-state index contributed by atoms with van der Waals surface area (Å²) >= 11 is 5.70. The maximum atomic E-state index is 5.70. The van der Waals surface area contributed by atoms with Crippen molar-refractivity contribution in [1.29, 1.82) is 0 Å². The molecule has 0 N–H and O–H groups in total. The minimum atomic E-state index is -0.303. The zero-order valence-electron chi connectivity index (χ0n) is 8.87. The SMILES string of the molecule is CC1(C)COB(c2ccc(Cl)nc2)OC1. The molecule has 1 aromatic heterocycles. The van der Waals surface area contributed by atoms with Gasteiger partial charge in [0.2, 0.25) is 0 Å². The van der Waals surface area contributed by atoms with E-state index < -0.39 is 0 Å². The van der Waals surface area contributed by atoms with Gasteiger partial charge in [0, 0.05) is 30.3 Å². The lowest BCUT2D eigenvalue weighted by Gasteiger charge is -2.32. The fraction of sp³-hybridized carbons (Fsp3) is 0.500. The van der Waals surface area contributed by atoms with Gasteiger partial charge in [-0.25, -0.2) is 4.98 Å². The number of pyridine rings is 1. The molecule has 0 radical (unpaired) electrons. The summed E-state index contributed by atoms with van der Waals surface area (Å²) in [6.07, 6.45) is 1.69. The van der Waals surface area contributed by atoms with Crippen molar-refractivity contribution in [2.75, 3.05) is 13.2 Å². The van der Waals surface area contributed by atoms with Gasteiger partial charge in [-0.3, -0.25) is 0 Å². The number of halogens is 1. The van der Waals surface area contributed by atoms with Gasteiger partial charge < -0.3 is 9.31 Å². The lowest BCUT2D eigenvalue weighted by Crippen LogP contribution is -2.47. The predicted octanol–water partition coefficient (Wildman–Crippen LogP) is 1.50. The summed E-state index contributed by atoms with van der Waals surface area (Å²) in [5.74, 6) is 0. The van der Waals surface area contributed by atoms with Gasteiger partial charge in [-0.1, -0.05) is 31.5 Å². The van der Waals surface area contributed by atoms with Gasteiger partial charge in [0.25, 0.3) is 0 Å². The number of nitrogens with zero attached hydrogens (tertiary/aromatic N) is 1. The smallest absolute Gasteiger partial charge is 0.407 e. The first-order valence-electron chi connectivity index (χ1n) is 4.91. The molecule has 15 heavy (non-hydrogen) atoms. The molecule has 0 spiro atoms. The van der Waals surface area contributed by atoms with Crippen molar-refractivity contribution in [3.05, 3.63) is 23.5 Å². The summed E-state index contributed by atoms with van der Waals surface area (Å²) in [7, 11) is -0.303. The molecule has 3 nitrogen and oxygen atoms in total. The van der Waals surface area contributed by atoms with E-state index in [0.717, 1.165) is 5.46 Å². The summed E-state index contributed by atoms with van der Waals surface area (Å²) in [6.45, 7) is 5.62. The van der Waals surface area contributed by atoms with Gasteiger partial charge in [-0.2, -0.15) is 0 Å². The van der Waals surface area contributed by atoms with Crippen LogP contribution in [0, 0.1) is 5.41 Å². The van der Waals surface area contributed by atoms with Crippen molar-refractivity contribution in [2.45, 2.75) is 13.8 Å². The second kappa shape index (κ2) is 4.12. The minimum Gasteiger partial charge on any atom is -0.407 e. The number of hydrogen-bond acceptors (Lipinski definition) is 3. The Morgan fingerprint density at radius 3 is 2.53 bits per heavy atom. The summed E-state index contributed by atoms with van der Waals surface area (Å²) < 4.78 is 11.2. The Balaban J connectivity index is 2.04. The standard InChI is InChI=1S/C10H13BClNO2/c1-10(2)6-14-11(15-7-10)8-3-4-9(12)13-5-8/h3-5H,6-7H2,1-2H3. The van der Waals surface area contributed by atoms with E-state index in [1.807, 2.05) is 6.07 Å². The van der Waals surface area contributed by atoms with E-state index in [0.29, 0.717) is 18.4 Å². The Morgan fingerprint density at radius 2 is 2.00 bits per heavy atom. The fourth-order valence-electron chi connectivity index (χ4n) is 1.41. The third-order valence-electron chi connectivity index (χ3n) is 2.27. The molecule has 0 atom stereocenters. The van der Waals surface area contributed by atoms with Crippen LogP contribution in [-0.4, -0.2) is 25.3 Å². The van der Waals surface area contributed by atoms with E-state index in [1.54, 1.807) is 12.3 Å². The van der Waals surface area contributed by atoms with E-state index in [4.69, 9.17) is 20.9 Å². The molecule has 0 bridgehead atoms. The van der Waals surface area contributed by atoms with Crippen LogP contribution in [-0.2, 0) is 9.31 Å². The third-order valence-corrected chi connectivity index (χ3v) is 2.50. The molecule has 1 fully saturated rings. The lowest BCUT2D eigenvalue weighted by molar-refractivity contribution is 0.0343. The molecule has 2 heterocycles. The normalized spacial score (nSPS) is 20.3. The largest absolute Gasteiger partial charge is 0.495 e. The molecule has 1 saturated heterocycles. The molecule has 0 unspecified atom stereocenters. The number of rotatable bonds is 1. The highest BCUT2D eigenvalue weighted by atomic mass is 35.5. The van der Waals surface area contributed by atoms with Crippen molar-refractivity contribution >= 4 is 24.2 Å². The molecular formula is C10H13BClNO2. The van der Waals surface area contributed by atoms with Crippen LogP contribution in [0.25, 0.3) is 0 Å². The molecule has 0 aliphatic carbocycles. The van der Waals surface area contributed by atoms with Crippen molar-refractivity contribution < 1.29 is 9.31 Å². The Bertz CT molecular complexity index is 332. The summed E-state index contributed by atoms with van der Waals surface area (Å²) in [5.41, 5.74) is 1.01. The summed E-state index contributed by atoms with van der Waals surface area (Å²) in [4.78, 5) is 4.00. The maximum absolute atomic E-state index is 5.70. The van der Waals surface area contributed by atoms with Crippen LogP contribution in [0.2, 0.25) is 5.15 Å². The zero-order valence-corrected chi connectivity index (χ0v) is 9.62. The second-order valence-electron chi connectivity index (χ2n) is 4.53. The highest BCUT2D eigenvalue weighted by Gasteiger charge is 2.33. The predicted molar refractivity (Wildman–Crippen MR) is 60.3 cm³/mol. The van der Waals surface area contributed by atoms with Gasteiger partial charge in [-0.15, -0.1) is 0 Å². The van der Waals surface area contributed by atoms with Crippen LogP contribution < -0.4 is 5.46 Å². The third kappa shape index (κ3) is 2.71. The summed E-state index contributed by atoms with van der Waals surface area (Å²) in [6, 6.07) is 3.61. The van der Waals surface area contributed by atoms with Crippen LogP contribution in [0.1, 0.15) is 13.8 Å². The van der Waals surface area contributed by atoms with Gasteiger partial charge >= 0.3 is 7.12 Å². The highest BCUT2D eigenvalue weighted by molar-refractivity contribution is 6.61. The molecule has 5 heteroatoms. The van der Waals surface area contributed by atoms with Crippen molar-refractivity contribution in [3.8, 4) is 0 Å². The van der Waals surface area contributed by atoms with Crippen LogP contribution in [0.4, 0.5) is 0 Å². The summed E-state index contributed by atoms with van der Waals surface area (Å²) in [5, 5.41) is 0.481. The van der Waals surface area contributed by atoms with E-state index in [1.165, 1.54) is 0 Å². The fourth-order valence-corrected chi connectivity index (χ4v) is 1.52. The van der Waals surface area contributed by atoms with E-state index in [2.05, 4.69) is 18.8 Å². The number of hydrogen-bond donors (Lipinski definition) is 0. The van der Waals surface area contributed by atoms with E-state index >= 15 is 0 Å². The van der Waals surface area contributed by atoms with Crippen molar-refractivity contribution in [1.82, 2.24) is 4.98 Å². The van der Waals surface area contributed by atoms with Crippen molar-refractivity contribution in [3.63, 3.8) is 0 Å². The molecule has 1 aliphatic heterocycles.